The van der Waals surface area contributed by atoms with E-state index in [1.807, 2.05) is 0 Å². The molecule has 0 rings (SSSR count). The lowest BCUT2D eigenvalue weighted by molar-refractivity contribution is -0.161. The van der Waals surface area contributed by atoms with Crippen LogP contribution in [0, 0.1) is 0 Å². The Kier molecular flexibility index (Phi) is 65.8. The molecule has 16 nitrogen and oxygen atoms in total. The van der Waals surface area contributed by atoms with Crippen LogP contribution in [0.4, 0.5) is 0 Å². The second-order valence-corrected chi connectivity index (χ2v) is 27.3. The van der Waals surface area contributed by atoms with Crippen molar-refractivity contribution in [2.24, 2.45) is 0 Å². The molecule has 0 bridgehead atoms. The van der Waals surface area contributed by atoms with Crippen LogP contribution in [-0.4, -0.2) is 95.9 Å². The predicted octanol–water partition coefficient (Wildman–Crippen LogP) is 20.6. The van der Waals surface area contributed by atoms with Crippen LogP contribution in [0.25, 0.3) is 0 Å². The molecule has 0 aliphatic carbocycles. The Morgan fingerprint density at radius 2 is 0.570 bits per heavy atom. The molecule has 0 saturated carbocycles. The van der Waals surface area contributed by atoms with Crippen LogP contribution in [0.3, 0.4) is 0 Å². The zero-order valence-corrected chi connectivity index (χ0v) is 60.2. The summed E-state index contributed by atoms with van der Waals surface area (Å²) in [5.41, 5.74) is 0. The van der Waals surface area contributed by atoms with E-state index in [9.17, 15) is 43.5 Å². The maximum absolute atomic E-state index is 12.9. The summed E-state index contributed by atoms with van der Waals surface area (Å²) in [5, 5.41) is 20.6. The van der Waals surface area contributed by atoms with E-state index in [4.69, 9.17) is 32.3 Å². The Morgan fingerprint density at radius 3 is 0.925 bits per heavy atom. The quantitative estimate of drug-likeness (QED) is 0.0146. The van der Waals surface area contributed by atoms with Crippen molar-refractivity contribution in [1.29, 1.82) is 0 Å². The van der Waals surface area contributed by atoms with Crippen molar-refractivity contribution in [3.8, 4) is 0 Å². The summed E-state index contributed by atoms with van der Waals surface area (Å²) >= 11 is 0. The molecule has 0 aromatic rings. The number of phosphoric ester groups is 2. The van der Waals surface area contributed by atoms with Crippen molar-refractivity contribution in [3.63, 3.8) is 0 Å². The highest BCUT2D eigenvalue weighted by Gasteiger charge is 2.29. The lowest BCUT2D eigenvalue weighted by Crippen LogP contribution is -2.30. The van der Waals surface area contributed by atoms with Crippen molar-refractivity contribution in [3.05, 3.63) is 97.2 Å². The van der Waals surface area contributed by atoms with E-state index in [-0.39, 0.29) is 19.3 Å². The third kappa shape index (κ3) is 69.6. The van der Waals surface area contributed by atoms with Gasteiger partial charge in [0.2, 0.25) is 0 Å². The Labute approximate surface area is 565 Å². The fourth-order valence-electron chi connectivity index (χ4n) is 9.72. The van der Waals surface area contributed by atoms with E-state index in [2.05, 4.69) is 118 Å². The van der Waals surface area contributed by atoms with Crippen LogP contribution in [0.2, 0.25) is 0 Å². The van der Waals surface area contributed by atoms with Crippen LogP contribution in [-0.2, 0) is 55.8 Å². The number of carbonyl (C=O) groups is 3. The number of hydrogen-bond acceptors (Lipinski definition) is 14. The number of aliphatic hydroxyl groups excluding tert-OH is 2. The van der Waals surface area contributed by atoms with Gasteiger partial charge in [-0.2, -0.15) is 0 Å². The molecular formula is C75H132O16P2. The van der Waals surface area contributed by atoms with E-state index in [1.54, 1.807) is 0 Å². The SMILES string of the molecule is CC/C=C\C/C=C\C/C=C\C/C=C\C/C=C\CCCCCCCCCCCC(=O)OCC(O)COP(=O)(O)OCC(O)COP(=O)(O)OCC(COC(=O)CCCCCCCC/C=C\C/C=C\C/C=C\CCCCC)OC(=O)CCCCCCCCCCCCCCC. The number of unbranched alkanes of at least 4 members (excludes halogenated alkanes) is 30. The average Bonchev–Trinajstić information content (AvgIpc) is 3.74. The summed E-state index contributed by atoms with van der Waals surface area (Å²) < 4.78 is 61.0. The van der Waals surface area contributed by atoms with Gasteiger partial charge in [0, 0.05) is 19.3 Å². The van der Waals surface area contributed by atoms with Gasteiger partial charge in [-0.15, -0.1) is 0 Å². The van der Waals surface area contributed by atoms with Crippen molar-refractivity contribution in [2.45, 2.75) is 322 Å². The molecule has 18 heteroatoms. The Balaban J connectivity index is 4.56. The van der Waals surface area contributed by atoms with Crippen molar-refractivity contribution >= 4 is 33.6 Å². The Hall–Kier alpha value is -3.53. The molecule has 538 valence electrons. The highest BCUT2D eigenvalue weighted by molar-refractivity contribution is 7.47. The zero-order chi connectivity index (χ0) is 68.1. The second kappa shape index (κ2) is 68.4. The Morgan fingerprint density at radius 1 is 0.312 bits per heavy atom. The summed E-state index contributed by atoms with van der Waals surface area (Å²) in [4.78, 5) is 58.5. The highest BCUT2D eigenvalue weighted by Crippen LogP contribution is 2.45. The van der Waals surface area contributed by atoms with Crippen LogP contribution < -0.4 is 0 Å². The van der Waals surface area contributed by atoms with E-state index in [0.717, 1.165) is 148 Å². The fraction of sp³-hybridized carbons (Fsp3) is 0.747. The monoisotopic (exact) mass is 1350 g/mol. The molecule has 0 fully saturated rings. The molecule has 5 unspecified atom stereocenters. The van der Waals surface area contributed by atoms with Crippen LogP contribution in [0.1, 0.15) is 303 Å². The minimum atomic E-state index is -4.93. The summed E-state index contributed by atoms with van der Waals surface area (Å²) in [5.74, 6) is -1.58. The molecule has 0 aromatic carbocycles. The van der Waals surface area contributed by atoms with Crippen LogP contribution in [0.5, 0.6) is 0 Å². The standard InChI is InChI=1S/C75H132O16P2/c1-4-7-10-13-16-19-22-25-27-29-31-32-33-34-35-36-38-40-41-44-46-49-52-55-58-61-73(78)85-64-70(76)65-87-92(81,82)88-66-71(77)67-89-93(83,84)90-69-72(91-75(80)63-60-57-54-51-48-43-24-21-18-15-12-9-6-3)68-86-74(79)62-59-56-53-50-47-45-42-39-37-30-28-26-23-20-17-14-11-8-5-2/h7,10,16-17,19-20,25-28,31-32,34-35,37,39,70-72,76-77H,4-6,8-9,11-15,18,21-24,29-30,33,36,38,40-69H2,1-3H3,(H,81,82)(H,83,84)/b10-7-,19-16-,20-17-,27-25-,28-26-,32-31-,35-34-,39-37-. The maximum Gasteiger partial charge on any atom is 0.472 e. The van der Waals surface area contributed by atoms with E-state index >= 15 is 0 Å². The number of allylic oxidation sites excluding steroid dienone is 16. The van der Waals surface area contributed by atoms with Gasteiger partial charge < -0.3 is 34.2 Å². The van der Waals surface area contributed by atoms with Crippen LogP contribution in [0.15, 0.2) is 97.2 Å². The van der Waals surface area contributed by atoms with Gasteiger partial charge in [0.15, 0.2) is 6.10 Å². The van der Waals surface area contributed by atoms with Gasteiger partial charge in [0.1, 0.15) is 25.4 Å². The van der Waals surface area contributed by atoms with Gasteiger partial charge in [0.25, 0.3) is 0 Å². The highest BCUT2D eigenvalue weighted by atomic mass is 31.2. The predicted molar refractivity (Wildman–Crippen MR) is 381 cm³/mol. The van der Waals surface area contributed by atoms with Crippen molar-refractivity contribution in [2.75, 3.05) is 39.6 Å². The molecular weight excluding hydrogens is 1220 g/mol. The minimum Gasteiger partial charge on any atom is -0.463 e. The fourth-order valence-corrected chi connectivity index (χ4v) is 11.3. The number of ether oxygens (including phenoxy) is 3. The number of esters is 3. The third-order valence-corrected chi connectivity index (χ3v) is 17.2. The molecule has 0 aliphatic rings. The molecule has 0 spiro atoms. The first-order valence-corrected chi connectivity index (χ1v) is 39.5. The van der Waals surface area contributed by atoms with Gasteiger partial charge in [-0.05, 0) is 103 Å². The number of rotatable bonds is 69. The molecule has 0 aliphatic heterocycles. The van der Waals surface area contributed by atoms with Gasteiger partial charge >= 0.3 is 33.6 Å². The largest absolute Gasteiger partial charge is 0.472 e. The first kappa shape index (κ1) is 89.5. The number of carbonyl (C=O) groups excluding carboxylic acids is 3. The first-order valence-electron chi connectivity index (χ1n) is 36.5. The van der Waals surface area contributed by atoms with E-state index < -0.39 is 91.5 Å². The van der Waals surface area contributed by atoms with Crippen molar-refractivity contribution in [1.82, 2.24) is 0 Å². The normalized spacial score (nSPS) is 14.7. The lowest BCUT2D eigenvalue weighted by Gasteiger charge is -2.21. The van der Waals surface area contributed by atoms with E-state index in [0.29, 0.717) is 19.3 Å². The lowest BCUT2D eigenvalue weighted by atomic mass is 10.0. The minimum absolute atomic E-state index is 0.105. The number of phosphoric acid groups is 2. The molecule has 4 N–H and O–H groups in total. The van der Waals surface area contributed by atoms with Crippen LogP contribution >= 0.6 is 15.6 Å². The maximum atomic E-state index is 12.9. The van der Waals surface area contributed by atoms with E-state index in [1.165, 1.54) is 96.3 Å². The third-order valence-electron chi connectivity index (χ3n) is 15.3. The van der Waals surface area contributed by atoms with Gasteiger partial charge in [-0.1, -0.05) is 279 Å². The van der Waals surface area contributed by atoms with Gasteiger partial charge in [-0.25, -0.2) is 9.13 Å². The molecule has 93 heavy (non-hydrogen) atoms. The summed E-state index contributed by atoms with van der Waals surface area (Å²) in [7, 11) is -9.78. The number of aliphatic hydroxyl groups is 2. The van der Waals surface area contributed by atoms with Gasteiger partial charge in [0.05, 0.1) is 26.4 Å². The van der Waals surface area contributed by atoms with Crippen molar-refractivity contribution < 1.29 is 75.8 Å². The average molecular weight is 1350 g/mol. The summed E-state index contributed by atoms with van der Waals surface area (Å²) in [6, 6.07) is 0. The molecule has 0 heterocycles. The first-order chi connectivity index (χ1) is 45.2. The molecule has 0 aromatic heterocycles. The molecule has 5 atom stereocenters. The second-order valence-electron chi connectivity index (χ2n) is 24.4. The molecule has 0 amide bonds. The smallest absolute Gasteiger partial charge is 0.463 e. The number of hydrogen-bond donors (Lipinski definition) is 4. The summed E-state index contributed by atoms with van der Waals surface area (Å²) in [6.45, 7) is 2.53. The Bertz CT molecular complexity index is 2080. The topological polar surface area (TPSA) is 231 Å². The summed E-state index contributed by atoms with van der Waals surface area (Å²) in [6.07, 6.45) is 75.9. The molecule has 0 radical (unpaired) electrons. The van der Waals surface area contributed by atoms with Gasteiger partial charge in [-0.3, -0.25) is 32.5 Å². The zero-order valence-electron chi connectivity index (χ0n) is 58.4. The molecule has 0 saturated heterocycles.